The van der Waals surface area contributed by atoms with Crippen LogP contribution in [-0.4, -0.2) is 9.97 Å². The summed E-state index contributed by atoms with van der Waals surface area (Å²) in [5.74, 6) is 0. The minimum Gasteiger partial charge on any atom is -0.309 e. The van der Waals surface area contributed by atoms with Gasteiger partial charge in [0, 0.05) is 49.2 Å². The zero-order valence-electron chi connectivity index (χ0n) is 22.7. The normalized spacial score (nSPS) is 11.9. The van der Waals surface area contributed by atoms with Crippen molar-refractivity contribution in [1.82, 2.24) is 9.97 Å². The Morgan fingerprint density at radius 3 is 1.76 bits per heavy atom. The van der Waals surface area contributed by atoms with E-state index in [4.69, 9.17) is 9.97 Å². The number of fused-ring (bicyclic) bond motifs is 7. The fourth-order valence-corrected chi connectivity index (χ4v) is 8.81. The molecule has 0 unspecified atom stereocenters. The van der Waals surface area contributed by atoms with Gasteiger partial charge < -0.3 is 4.57 Å². The minimum atomic E-state index is -3.07. The molecule has 2 aromatic heterocycles. The van der Waals surface area contributed by atoms with Crippen LogP contribution < -0.4 is 15.9 Å². The first-order valence-corrected chi connectivity index (χ1v) is 15.7. The Hall–Kier alpha value is -5.11. The number of hydrogen-bond acceptors (Lipinski definition) is 3. The second-order valence-electron chi connectivity index (χ2n) is 10.5. The maximum atomic E-state index is 14.9. The average Bonchev–Trinajstić information content (AvgIpc) is 3.08. The molecule has 6 aromatic carbocycles. The number of pyridine rings is 2. The summed E-state index contributed by atoms with van der Waals surface area (Å²) < 4.78 is 14.9. The van der Waals surface area contributed by atoms with Crippen LogP contribution in [0.5, 0.6) is 0 Å². The molecular formula is C38H25N2OP. The largest absolute Gasteiger partial charge is 0.309 e. The summed E-state index contributed by atoms with van der Waals surface area (Å²) in [6.07, 6.45) is 1.95. The van der Waals surface area contributed by atoms with Gasteiger partial charge in [0.2, 0.25) is 0 Å². The molecule has 0 aliphatic heterocycles. The zero-order valence-corrected chi connectivity index (χ0v) is 23.6. The lowest BCUT2D eigenvalue weighted by atomic mass is 9.95. The van der Waals surface area contributed by atoms with Gasteiger partial charge in [0.05, 0.1) is 16.7 Å². The summed E-state index contributed by atoms with van der Waals surface area (Å²) in [6.45, 7) is 0. The monoisotopic (exact) mass is 556 g/mol. The first-order valence-electron chi connectivity index (χ1n) is 14.0. The van der Waals surface area contributed by atoms with Crippen LogP contribution in [0.4, 0.5) is 0 Å². The Labute approximate surface area is 243 Å². The molecule has 0 aliphatic rings. The fourth-order valence-electron chi connectivity index (χ4n) is 6.16. The number of para-hydroxylation sites is 1. The third-order valence-electron chi connectivity index (χ3n) is 8.16. The molecule has 8 rings (SSSR count). The van der Waals surface area contributed by atoms with Crippen molar-refractivity contribution in [2.75, 3.05) is 0 Å². The SMILES string of the molecule is O=P(c1ccccc1)(c1ccccc1)c1ccc(-c2nc3ccccc3c3c2cnc2ccc4ccccc4c23)cc1. The van der Waals surface area contributed by atoms with Gasteiger partial charge in [-0.15, -0.1) is 0 Å². The van der Waals surface area contributed by atoms with E-state index in [1.165, 1.54) is 10.8 Å². The molecule has 198 valence electrons. The van der Waals surface area contributed by atoms with Crippen molar-refractivity contribution in [1.29, 1.82) is 0 Å². The number of aromatic nitrogens is 2. The van der Waals surface area contributed by atoms with E-state index in [2.05, 4.69) is 66.7 Å². The third kappa shape index (κ3) is 3.79. The number of nitrogens with zero attached hydrogens (tertiary/aromatic N) is 2. The lowest BCUT2D eigenvalue weighted by molar-refractivity contribution is 0.592. The molecule has 0 saturated heterocycles. The lowest BCUT2D eigenvalue weighted by Gasteiger charge is -2.20. The molecule has 0 amide bonds. The summed E-state index contributed by atoms with van der Waals surface area (Å²) in [4.78, 5) is 10.1. The maximum Gasteiger partial charge on any atom is 0.171 e. The maximum absolute atomic E-state index is 14.9. The highest BCUT2D eigenvalue weighted by Crippen LogP contribution is 2.43. The fraction of sp³-hybridized carbons (Fsp3) is 0. The molecule has 0 saturated carbocycles. The zero-order chi connectivity index (χ0) is 28.1. The van der Waals surface area contributed by atoms with Gasteiger partial charge in [0.15, 0.2) is 7.14 Å². The number of rotatable bonds is 4. The van der Waals surface area contributed by atoms with Crippen LogP contribution in [0.3, 0.4) is 0 Å². The van der Waals surface area contributed by atoms with Crippen LogP contribution in [0.1, 0.15) is 0 Å². The van der Waals surface area contributed by atoms with E-state index >= 15 is 0 Å². The standard InChI is InChI=1S/C38H25N2OP/c41-42(28-12-3-1-4-13-28,29-14-5-2-6-15-29)30-22-19-27(20-23-30)38-33-25-39-35-24-21-26-11-7-8-16-31(26)37(35)36(33)32-17-9-10-18-34(32)40-38/h1-25H. The quantitative estimate of drug-likeness (QED) is 0.162. The molecular weight excluding hydrogens is 531 g/mol. The molecule has 0 fully saturated rings. The lowest BCUT2D eigenvalue weighted by Crippen LogP contribution is -2.24. The van der Waals surface area contributed by atoms with E-state index in [0.29, 0.717) is 0 Å². The van der Waals surface area contributed by atoms with Gasteiger partial charge in [0.25, 0.3) is 0 Å². The van der Waals surface area contributed by atoms with Crippen LogP contribution in [0.15, 0.2) is 152 Å². The second-order valence-corrected chi connectivity index (χ2v) is 13.3. The predicted octanol–water partition coefficient (Wildman–Crippen LogP) is 8.40. The van der Waals surface area contributed by atoms with Gasteiger partial charge in [-0.3, -0.25) is 4.98 Å². The summed E-state index contributed by atoms with van der Waals surface area (Å²) in [7, 11) is -3.07. The topological polar surface area (TPSA) is 42.9 Å². The van der Waals surface area contributed by atoms with Crippen molar-refractivity contribution in [3.63, 3.8) is 0 Å². The van der Waals surface area contributed by atoms with E-state index in [9.17, 15) is 4.57 Å². The molecule has 4 heteroatoms. The van der Waals surface area contributed by atoms with Crippen molar-refractivity contribution in [2.45, 2.75) is 0 Å². The van der Waals surface area contributed by atoms with Crippen molar-refractivity contribution in [2.24, 2.45) is 0 Å². The minimum absolute atomic E-state index is 0.795. The molecule has 0 radical (unpaired) electrons. The van der Waals surface area contributed by atoms with Crippen LogP contribution in [0, 0.1) is 0 Å². The summed E-state index contributed by atoms with van der Waals surface area (Å²) in [5, 5.41) is 9.19. The summed E-state index contributed by atoms with van der Waals surface area (Å²) >= 11 is 0. The van der Waals surface area contributed by atoms with Crippen molar-refractivity contribution in [3.8, 4) is 11.3 Å². The Balaban J connectivity index is 1.38. The van der Waals surface area contributed by atoms with Gasteiger partial charge in [-0.05, 0) is 22.9 Å². The number of hydrogen-bond donors (Lipinski definition) is 0. The molecule has 0 aliphatic carbocycles. The van der Waals surface area contributed by atoms with Crippen molar-refractivity contribution >= 4 is 66.4 Å². The highest BCUT2D eigenvalue weighted by atomic mass is 31.2. The second kappa shape index (κ2) is 9.76. The van der Waals surface area contributed by atoms with Crippen LogP contribution in [0.25, 0.3) is 54.6 Å². The van der Waals surface area contributed by atoms with E-state index in [0.717, 1.165) is 59.7 Å². The Morgan fingerprint density at radius 1 is 0.452 bits per heavy atom. The van der Waals surface area contributed by atoms with Crippen molar-refractivity contribution < 1.29 is 4.57 Å². The van der Waals surface area contributed by atoms with Gasteiger partial charge >= 0.3 is 0 Å². The highest BCUT2D eigenvalue weighted by Gasteiger charge is 2.29. The average molecular weight is 557 g/mol. The van der Waals surface area contributed by atoms with Gasteiger partial charge in [-0.1, -0.05) is 133 Å². The van der Waals surface area contributed by atoms with E-state index in [-0.39, 0.29) is 0 Å². The van der Waals surface area contributed by atoms with Gasteiger partial charge in [-0.2, -0.15) is 0 Å². The smallest absolute Gasteiger partial charge is 0.171 e. The van der Waals surface area contributed by atoms with Crippen molar-refractivity contribution in [3.05, 3.63) is 152 Å². The number of benzene rings is 6. The van der Waals surface area contributed by atoms with Gasteiger partial charge in [-0.25, -0.2) is 4.98 Å². The molecule has 8 aromatic rings. The molecule has 3 nitrogen and oxygen atoms in total. The van der Waals surface area contributed by atoms with E-state index < -0.39 is 7.14 Å². The Bertz CT molecular complexity index is 2270. The molecule has 0 spiro atoms. The highest BCUT2D eigenvalue weighted by molar-refractivity contribution is 7.85. The molecule has 0 atom stereocenters. The van der Waals surface area contributed by atoms with E-state index in [1.54, 1.807) is 0 Å². The summed E-state index contributed by atoms with van der Waals surface area (Å²) in [6, 6.07) is 48.7. The van der Waals surface area contributed by atoms with Crippen LogP contribution in [0.2, 0.25) is 0 Å². The molecule has 0 N–H and O–H groups in total. The first kappa shape index (κ1) is 24.7. The van der Waals surface area contributed by atoms with E-state index in [1.807, 2.05) is 85.1 Å². The molecule has 42 heavy (non-hydrogen) atoms. The predicted molar refractivity (Wildman–Crippen MR) is 177 cm³/mol. The Morgan fingerprint density at radius 2 is 1.05 bits per heavy atom. The van der Waals surface area contributed by atoms with Crippen LogP contribution in [-0.2, 0) is 4.57 Å². The third-order valence-corrected chi connectivity index (χ3v) is 11.2. The summed E-state index contributed by atoms with van der Waals surface area (Å²) in [5.41, 5.74) is 3.73. The molecule has 2 heterocycles. The van der Waals surface area contributed by atoms with Crippen LogP contribution >= 0.6 is 7.14 Å². The van der Waals surface area contributed by atoms with Gasteiger partial charge in [0.1, 0.15) is 0 Å². The first-order chi connectivity index (χ1) is 20.7. The Kier molecular flexibility index (Phi) is 5.73. The molecule has 0 bridgehead atoms.